The van der Waals surface area contributed by atoms with Crippen LogP contribution in [0.5, 0.6) is 17.2 Å². The molecule has 0 atom stereocenters. The van der Waals surface area contributed by atoms with Crippen molar-refractivity contribution in [3.63, 3.8) is 0 Å². The Balaban J connectivity index is 1.63. The Morgan fingerprint density at radius 3 is 2.64 bits per heavy atom. The number of para-hydroxylation sites is 2. The molecule has 1 saturated heterocycles. The molecule has 0 aromatic heterocycles. The maximum Gasteiger partial charge on any atom is 0.331 e. The largest absolute Gasteiger partial charge is 0.495 e. The quantitative estimate of drug-likeness (QED) is 0.215. The number of carbonyl (C=O) groups excluding carboxylic acids is 3. The van der Waals surface area contributed by atoms with Crippen molar-refractivity contribution in [3.8, 4) is 17.2 Å². The highest BCUT2D eigenvalue weighted by atomic mass is 32.2. The molecule has 1 aliphatic rings. The molecule has 0 spiro atoms. The maximum atomic E-state index is 12.3. The summed E-state index contributed by atoms with van der Waals surface area (Å²) in [6.45, 7) is 1.96. The summed E-state index contributed by atoms with van der Waals surface area (Å²) in [7, 11) is 2.74. The molecule has 0 bridgehead atoms. The third-order valence-electron chi connectivity index (χ3n) is 4.46. The van der Waals surface area contributed by atoms with Crippen LogP contribution in [-0.2, 0) is 19.1 Å². The second-order valence-corrected chi connectivity index (χ2v) is 7.94. The topological polar surface area (TPSA) is 137 Å². The van der Waals surface area contributed by atoms with Gasteiger partial charge in [0.15, 0.2) is 23.3 Å². The monoisotopic (exact) mass is 512 g/mol. The Morgan fingerprint density at radius 1 is 1.08 bits per heavy atom. The van der Waals surface area contributed by atoms with Gasteiger partial charge >= 0.3 is 5.97 Å². The lowest BCUT2D eigenvalue weighted by atomic mass is 10.2. The number of benzene rings is 2. The van der Waals surface area contributed by atoms with Gasteiger partial charge in [-0.05, 0) is 54.6 Å². The molecule has 2 aromatic rings. The molecular formula is C24H24N4O7S. The molecule has 2 amide bonds. The van der Waals surface area contributed by atoms with Crippen molar-refractivity contribution < 1.29 is 33.3 Å². The predicted octanol–water partition coefficient (Wildman–Crippen LogP) is 2.72. The summed E-state index contributed by atoms with van der Waals surface area (Å²) in [6, 6.07) is 12.1. The molecule has 1 aliphatic heterocycles. The summed E-state index contributed by atoms with van der Waals surface area (Å²) in [6.07, 6.45) is 2.54. The van der Waals surface area contributed by atoms with Crippen molar-refractivity contribution in [3.05, 3.63) is 59.0 Å². The molecule has 2 N–H and O–H groups in total. The Labute approximate surface area is 211 Å². The molecule has 0 radical (unpaired) electrons. The lowest BCUT2D eigenvalue weighted by Gasteiger charge is -2.13. The van der Waals surface area contributed by atoms with E-state index in [1.807, 2.05) is 6.92 Å². The van der Waals surface area contributed by atoms with Crippen LogP contribution < -0.4 is 24.8 Å². The average molecular weight is 513 g/mol. The van der Waals surface area contributed by atoms with E-state index in [2.05, 4.69) is 25.6 Å². The fourth-order valence-corrected chi connectivity index (χ4v) is 3.60. The van der Waals surface area contributed by atoms with Crippen LogP contribution in [0.1, 0.15) is 12.5 Å². The minimum absolute atomic E-state index is 0.158. The van der Waals surface area contributed by atoms with E-state index in [4.69, 9.17) is 14.2 Å². The summed E-state index contributed by atoms with van der Waals surface area (Å²) >= 11 is 0.969. The first-order chi connectivity index (χ1) is 17.4. The number of methoxy groups -OCH3 is 2. The predicted molar refractivity (Wildman–Crippen MR) is 136 cm³/mol. The first-order valence-electron chi connectivity index (χ1n) is 10.7. The number of anilines is 1. The first kappa shape index (κ1) is 26.3. The second kappa shape index (κ2) is 13.0. The van der Waals surface area contributed by atoms with Crippen LogP contribution in [0.4, 0.5) is 5.69 Å². The number of rotatable bonds is 10. The molecule has 36 heavy (non-hydrogen) atoms. The van der Waals surface area contributed by atoms with Crippen molar-refractivity contribution in [1.29, 1.82) is 0 Å². The third-order valence-corrected chi connectivity index (χ3v) is 5.36. The van der Waals surface area contributed by atoms with Crippen LogP contribution in [-0.4, -0.2) is 56.6 Å². The number of amides is 2. The number of ether oxygens (including phenoxy) is 4. The number of carbonyl (C=O) groups is 3. The molecule has 2 aromatic carbocycles. The van der Waals surface area contributed by atoms with Gasteiger partial charge in [-0.3, -0.25) is 14.9 Å². The van der Waals surface area contributed by atoms with Gasteiger partial charge in [0.25, 0.3) is 11.8 Å². The van der Waals surface area contributed by atoms with Gasteiger partial charge in [0.1, 0.15) is 5.75 Å². The number of hydrogen-bond donors (Lipinski definition) is 2. The molecule has 1 fully saturated rings. The van der Waals surface area contributed by atoms with Crippen LogP contribution in [0, 0.1) is 0 Å². The standard InChI is InChI=1S/C24H24N4O7S/c1-4-34-19-11-15(13-25-28-24-27-23(31)20(36-24)12-22(30)33-3)9-10-18(19)35-14-21(29)26-16-7-5-6-8-17(16)32-2/h5-13H,4,14H2,1-3H3,(H,26,29)(H,27,28,31)/b20-12+,25-13?. The summed E-state index contributed by atoms with van der Waals surface area (Å²) in [5.74, 6) is -0.119. The highest BCUT2D eigenvalue weighted by Crippen LogP contribution is 2.29. The lowest BCUT2D eigenvalue weighted by molar-refractivity contribution is -0.135. The highest BCUT2D eigenvalue weighted by Gasteiger charge is 2.25. The molecule has 0 aliphatic carbocycles. The smallest absolute Gasteiger partial charge is 0.331 e. The second-order valence-electron chi connectivity index (χ2n) is 6.91. The van der Waals surface area contributed by atoms with Gasteiger partial charge in [0.2, 0.25) is 0 Å². The van der Waals surface area contributed by atoms with Gasteiger partial charge in [-0.25, -0.2) is 4.79 Å². The number of nitrogens with zero attached hydrogens (tertiary/aromatic N) is 2. The number of esters is 1. The molecule has 12 heteroatoms. The number of amidine groups is 1. The minimum atomic E-state index is -0.638. The summed E-state index contributed by atoms with van der Waals surface area (Å²) < 4.78 is 21.0. The van der Waals surface area contributed by atoms with Crippen LogP contribution in [0.25, 0.3) is 0 Å². The van der Waals surface area contributed by atoms with E-state index in [-0.39, 0.29) is 22.6 Å². The van der Waals surface area contributed by atoms with Crippen LogP contribution >= 0.6 is 11.8 Å². The zero-order valence-electron chi connectivity index (χ0n) is 19.8. The van der Waals surface area contributed by atoms with E-state index in [9.17, 15) is 14.4 Å². The highest BCUT2D eigenvalue weighted by molar-refractivity contribution is 8.18. The molecule has 0 saturated carbocycles. The summed E-state index contributed by atoms with van der Waals surface area (Å²) in [4.78, 5) is 35.7. The minimum Gasteiger partial charge on any atom is -0.495 e. The van der Waals surface area contributed by atoms with Crippen LogP contribution in [0.3, 0.4) is 0 Å². The first-order valence-corrected chi connectivity index (χ1v) is 11.5. The van der Waals surface area contributed by atoms with Gasteiger partial charge in [0.05, 0.1) is 37.6 Å². The van der Waals surface area contributed by atoms with E-state index < -0.39 is 11.9 Å². The Kier molecular flexibility index (Phi) is 9.46. The van der Waals surface area contributed by atoms with Gasteiger partial charge < -0.3 is 24.3 Å². The fourth-order valence-electron chi connectivity index (χ4n) is 2.86. The summed E-state index contributed by atoms with van der Waals surface area (Å²) in [5, 5.41) is 13.4. The van der Waals surface area contributed by atoms with Gasteiger partial charge in [-0.15, -0.1) is 5.10 Å². The van der Waals surface area contributed by atoms with Crippen molar-refractivity contribution >= 4 is 46.6 Å². The number of hydrogen-bond acceptors (Lipinski definition) is 10. The normalized spacial score (nSPS) is 15.1. The molecule has 1 heterocycles. The zero-order chi connectivity index (χ0) is 25.9. The van der Waals surface area contributed by atoms with Crippen LogP contribution in [0.15, 0.2) is 63.6 Å². The zero-order valence-corrected chi connectivity index (χ0v) is 20.6. The molecule has 11 nitrogen and oxygen atoms in total. The van der Waals surface area contributed by atoms with Crippen molar-refractivity contribution in [2.75, 3.05) is 32.8 Å². The van der Waals surface area contributed by atoms with Gasteiger partial charge in [-0.2, -0.15) is 5.10 Å². The van der Waals surface area contributed by atoms with Crippen molar-refractivity contribution in [1.82, 2.24) is 5.32 Å². The molecule has 188 valence electrons. The Bertz CT molecular complexity index is 1230. The van der Waals surface area contributed by atoms with Crippen molar-refractivity contribution in [2.45, 2.75) is 6.92 Å². The molecule has 0 unspecified atom stereocenters. The lowest BCUT2D eigenvalue weighted by Crippen LogP contribution is -2.20. The van der Waals surface area contributed by atoms with E-state index in [1.165, 1.54) is 20.4 Å². The van der Waals surface area contributed by atoms with Gasteiger partial charge in [-0.1, -0.05) is 12.1 Å². The molecular weight excluding hydrogens is 488 g/mol. The van der Waals surface area contributed by atoms with E-state index in [0.717, 1.165) is 17.8 Å². The van der Waals surface area contributed by atoms with E-state index >= 15 is 0 Å². The number of nitrogens with one attached hydrogen (secondary N) is 2. The third kappa shape index (κ3) is 7.34. The SMILES string of the molecule is CCOc1cc(C=N/N=C2/NC(=O)/C(=C\C(=O)OC)S2)ccc1OCC(=O)Nc1ccccc1OC. The van der Waals surface area contributed by atoms with E-state index in [0.29, 0.717) is 35.1 Å². The number of thioether (sulfide) groups is 1. The molecule has 3 rings (SSSR count). The fraction of sp³-hybridized carbons (Fsp3) is 0.208. The Morgan fingerprint density at radius 2 is 1.89 bits per heavy atom. The maximum absolute atomic E-state index is 12.3. The Hall–Kier alpha value is -4.32. The van der Waals surface area contributed by atoms with Crippen LogP contribution in [0.2, 0.25) is 0 Å². The summed E-state index contributed by atoms with van der Waals surface area (Å²) in [5.41, 5.74) is 1.18. The average Bonchev–Trinajstić information content (AvgIpc) is 3.22. The van der Waals surface area contributed by atoms with Gasteiger partial charge in [0, 0.05) is 6.08 Å². The van der Waals surface area contributed by atoms with E-state index in [1.54, 1.807) is 42.5 Å². The van der Waals surface area contributed by atoms with Crippen molar-refractivity contribution in [2.24, 2.45) is 10.2 Å².